The highest BCUT2D eigenvalue weighted by atomic mass is 32.2. The fourth-order valence-electron chi connectivity index (χ4n) is 2.33. The predicted molar refractivity (Wildman–Crippen MR) is 85.6 cm³/mol. The highest BCUT2D eigenvalue weighted by molar-refractivity contribution is 7.85. The van der Waals surface area contributed by atoms with Gasteiger partial charge in [0.1, 0.15) is 6.54 Å². The molecule has 1 rings (SSSR count). The van der Waals surface area contributed by atoms with E-state index in [-0.39, 0.29) is 5.75 Å². The molecule has 0 heterocycles. The van der Waals surface area contributed by atoms with E-state index in [4.69, 9.17) is 0 Å². The van der Waals surface area contributed by atoms with Gasteiger partial charge in [-0.15, -0.1) is 0 Å². The minimum atomic E-state index is -4.06. The summed E-state index contributed by atoms with van der Waals surface area (Å²) < 4.78 is 32.4. The Balaban J connectivity index is 2.37. The molecule has 0 N–H and O–H groups in total. The Labute approximate surface area is 128 Å². The van der Waals surface area contributed by atoms with Crippen LogP contribution in [0.5, 0.6) is 0 Å². The van der Waals surface area contributed by atoms with Gasteiger partial charge in [0.25, 0.3) is 0 Å². The lowest BCUT2D eigenvalue weighted by Gasteiger charge is -2.30. The van der Waals surface area contributed by atoms with Gasteiger partial charge in [0.15, 0.2) is 0 Å². The second-order valence-electron chi connectivity index (χ2n) is 6.09. The zero-order valence-corrected chi connectivity index (χ0v) is 13.7. The maximum Gasteiger partial charge on any atom is 0.104 e. The second kappa shape index (κ2) is 7.73. The van der Waals surface area contributed by atoms with E-state index in [1.807, 2.05) is 6.08 Å². The van der Waals surface area contributed by atoms with Gasteiger partial charge in [-0.2, -0.15) is 0 Å². The van der Waals surface area contributed by atoms with Crippen molar-refractivity contribution in [3.8, 4) is 0 Å². The van der Waals surface area contributed by atoms with Crippen LogP contribution < -0.4 is 0 Å². The summed E-state index contributed by atoms with van der Waals surface area (Å²) in [4.78, 5) is 0. The Kier molecular flexibility index (Phi) is 6.58. The van der Waals surface area contributed by atoms with E-state index in [1.165, 1.54) is 5.56 Å². The van der Waals surface area contributed by atoms with Crippen LogP contribution in [0.3, 0.4) is 0 Å². The van der Waals surface area contributed by atoms with Crippen LogP contribution in [0.4, 0.5) is 0 Å². The molecule has 1 aromatic rings. The zero-order chi connectivity index (χ0) is 15.9. The van der Waals surface area contributed by atoms with Crippen molar-refractivity contribution >= 4 is 16.2 Å². The van der Waals surface area contributed by atoms with Crippen molar-refractivity contribution in [2.75, 3.05) is 26.4 Å². The molecule has 0 fully saturated rings. The normalized spacial score (nSPS) is 12.3. The average Bonchev–Trinajstić information content (AvgIpc) is 2.37. The highest BCUT2D eigenvalue weighted by Crippen LogP contribution is 2.13. The van der Waals surface area contributed by atoms with Crippen molar-refractivity contribution in [3.63, 3.8) is 0 Å². The van der Waals surface area contributed by atoms with Crippen LogP contribution in [0.2, 0.25) is 0 Å². The number of nitrogens with zero attached hydrogens (tertiary/aromatic N) is 1. The van der Waals surface area contributed by atoms with E-state index in [0.29, 0.717) is 6.42 Å². The van der Waals surface area contributed by atoms with Crippen LogP contribution in [0.15, 0.2) is 30.8 Å². The van der Waals surface area contributed by atoms with Crippen LogP contribution in [0, 0.1) is 0 Å². The van der Waals surface area contributed by atoms with E-state index >= 15 is 0 Å². The second-order valence-corrected chi connectivity index (χ2v) is 7.61. The van der Waals surface area contributed by atoms with Gasteiger partial charge in [0.2, 0.25) is 0 Å². The van der Waals surface area contributed by atoms with E-state index in [2.05, 4.69) is 44.9 Å². The third kappa shape index (κ3) is 7.99. The molecule has 0 bridgehead atoms. The van der Waals surface area contributed by atoms with E-state index in [0.717, 1.165) is 36.0 Å². The first-order valence-electron chi connectivity index (χ1n) is 7.19. The Morgan fingerprint density at radius 1 is 1.14 bits per heavy atom. The SMILES string of the molecule is C=Cc1ccc(C[N+](C)(C)CCCCCS(=O)(=O)[O-])cc1. The van der Waals surface area contributed by atoms with Gasteiger partial charge in [-0.25, -0.2) is 8.42 Å². The Hall–Kier alpha value is -1.17. The predicted octanol–water partition coefficient (Wildman–Crippen LogP) is 2.62. The van der Waals surface area contributed by atoms with Crippen LogP contribution in [-0.2, 0) is 16.7 Å². The monoisotopic (exact) mass is 311 g/mol. The van der Waals surface area contributed by atoms with Crippen molar-refractivity contribution in [1.29, 1.82) is 0 Å². The largest absolute Gasteiger partial charge is 0.748 e. The summed E-state index contributed by atoms with van der Waals surface area (Å²) in [7, 11) is 0.259. The maximum absolute atomic E-state index is 10.5. The lowest BCUT2D eigenvalue weighted by Crippen LogP contribution is -2.39. The van der Waals surface area contributed by atoms with Gasteiger partial charge in [-0.1, -0.05) is 36.9 Å². The van der Waals surface area contributed by atoms with Crippen molar-refractivity contribution < 1.29 is 17.5 Å². The molecule has 0 amide bonds. The number of hydrogen-bond donors (Lipinski definition) is 0. The first kappa shape index (κ1) is 17.9. The van der Waals surface area contributed by atoms with E-state index in [9.17, 15) is 13.0 Å². The molecule has 21 heavy (non-hydrogen) atoms. The summed E-state index contributed by atoms with van der Waals surface area (Å²) in [6, 6.07) is 8.34. The molecule has 118 valence electrons. The minimum absolute atomic E-state index is 0.247. The lowest BCUT2D eigenvalue weighted by atomic mass is 10.1. The molecule has 0 aromatic heterocycles. The summed E-state index contributed by atoms with van der Waals surface area (Å²) >= 11 is 0. The fourth-order valence-corrected chi connectivity index (χ4v) is 2.89. The van der Waals surface area contributed by atoms with Crippen molar-refractivity contribution in [2.24, 2.45) is 0 Å². The van der Waals surface area contributed by atoms with Gasteiger partial charge in [0, 0.05) is 11.3 Å². The molecule has 0 saturated carbocycles. The van der Waals surface area contributed by atoms with Gasteiger partial charge >= 0.3 is 0 Å². The lowest BCUT2D eigenvalue weighted by molar-refractivity contribution is -0.903. The molecule has 0 saturated heterocycles. The molecule has 0 radical (unpaired) electrons. The first-order valence-corrected chi connectivity index (χ1v) is 8.76. The summed E-state index contributed by atoms with van der Waals surface area (Å²) in [6.07, 6.45) is 3.99. The molecule has 4 nitrogen and oxygen atoms in total. The fraction of sp³-hybridized carbons (Fsp3) is 0.500. The van der Waals surface area contributed by atoms with Crippen molar-refractivity contribution in [1.82, 2.24) is 0 Å². The van der Waals surface area contributed by atoms with Gasteiger partial charge in [-0.05, 0) is 24.8 Å². The molecule has 0 spiro atoms. The first-order chi connectivity index (χ1) is 9.72. The summed E-state index contributed by atoms with van der Waals surface area (Å²) in [6.45, 7) is 5.63. The van der Waals surface area contributed by atoms with E-state index in [1.54, 1.807) is 0 Å². The molecule has 0 aliphatic heterocycles. The maximum atomic E-state index is 10.5. The Morgan fingerprint density at radius 2 is 1.76 bits per heavy atom. The molecular formula is C16H25NO3S. The van der Waals surface area contributed by atoms with Crippen molar-refractivity contribution in [2.45, 2.75) is 25.8 Å². The quantitative estimate of drug-likeness (QED) is 0.400. The summed E-state index contributed by atoms with van der Waals surface area (Å²) in [5, 5.41) is 0. The number of unbranched alkanes of at least 4 members (excludes halogenated alkanes) is 2. The molecule has 0 atom stereocenters. The third-order valence-corrected chi connectivity index (χ3v) is 4.27. The Bertz CT molecular complexity index is 547. The van der Waals surface area contributed by atoms with Crippen LogP contribution in [0.1, 0.15) is 30.4 Å². The van der Waals surface area contributed by atoms with E-state index < -0.39 is 10.1 Å². The number of hydrogen-bond acceptors (Lipinski definition) is 3. The van der Waals surface area contributed by atoms with Gasteiger partial charge in [-0.3, -0.25) is 0 Å². The van der Waals surface area contributed by atoms with Crippen LogP contribution in [0.25, 0.3) is 6.08 Å². The third-order valence-electron chi connectivity index (χ3n) is 3.48. The van der Waals surface area contributed by atoms with Crippen LogP contribution >= 0.6 is 0 Å². The topological polar surface area (TPSA) is 57.2 Å². The number of quaternary nitrogens is 1. The summed E-state index contributed by atoms with van der Waals surface area (Å²) in [5.41, 5.74) is 2.38. The highest BCUT2D eigenvalue weighted by Gasteiger charge is 2.15. The molecule has 0 aliphatic carbocycles. The molecular weight excluding hydrogens is 286 g/mol. The number of rotatable bonds is 9. The Morgan fingerprint density at radius 3 is 2.29 bits per heavy atom. The van der Waals surface area contributed by atoms with Gasteiger partial charge in [0.05, 0.1) is 30.8 Å². The zero-order valence-electron chi connectivity index (χ0n) is 12.9. The molecule has 0 aliphatic rings. The standard InChI is InChI=1S/C16H25NO3S/c1-4-15-8-10-16(11-9-15)14-17(2,3)12-6-5-7-13-21(18,19)20/h4,8-11H,1,5-7,12-14H2,2-3H3. The molecule has 5 heteroatoms. The molecule has 0 unspecified atom stereocenters. The smallest absolute Gasteiger partial charge is 0.104 e. The van der Waals surface area contributed by atoms with Crippen molar-refractivity contribution in [3.05, 3.63) is 42.0 Å². The van der Waals surface area contributed by atoms with Gasteiger partial charge < -0.3 is 9.04 Å². The number of benzene rings is 1. The minimum Gasteiger partial charge on any atom is -0.748 e. The molecule has 1 aromatic carbocycles. The average molecular weight is 311 g/mol. The summed E-state index contributed by atoms with van der Waals surface area (Å²) in [5.74, 6) is -0.247. The van der Waals surface area contributed by atoms with Crippen LogP contribution in [-0.4, -0.2) is 43.8 Å².